The summed E-state index contributed by atoms with van der Waals surface area (Å²) in [7, 11) is 0. The summed E-state index contributed by atoms with van der Waals surface area (Å²) >= 11 is 0. The maximum Gasteiger partial charge on any atom is 0.349 e. The molecule has 1 aliphatic carbocycles. The van der Waals surface area contributed by atoms with E-state index >= 15 is 0 Å². The quantitative estimate of drug-likeness (QED) is 0.153. The second-order valence-electron chi connectivity index (χ2n) is 5.75. The van der Waals surface area contributed by atoms with Crippen LogP contribution in [0, 0.1) is 11.3 Å². The van der Waals surface area contributed by atoms with Gasteiger partial charge in [-0.05, 0) is 56.0 Å². The normalized spacial score (nSPS) is 16.5. The van der Waals surface area contributed by atoms with Gasteiger partial charge in [0.1, 0.15) is 11.8 Å². The zero-order chi connectivity index (χ0) is 17.1. The van der Waals surface area contributed by atoms with E-state index in [4.69, 9.17) is 21.2 Å². The van der Waals surface area contributed by atoms with Crippen molar-refractivity contribution in [1.82, 2.24) is 0 Å². The predicted octanol–water partition coefficient (Wildman–Crippen LogP) is 4.07. The number of azide groups is 2. The Kier molecular flexibility index (Phi) is 7.66. The summed E-state index contributed by atoms with van der Waals surface area (Å²) in [6.07, 6.45) is 6.43. The van der Waals surface area contributed by atoms with Crippen LogP contribution >= 0.6 is 0 Å². The highest BCUT2D eigenvalue weighted by molar-refractivity contribution is 6.21. The summed E-state index contributed by atoms with van der Waals surface area (Å²) in [5.41, 5.74) is 17.3. The lowest BCUT2D eigenvalue weighted by atomic mass is 9.94. The van der Waals surface area contributed by atoms with Crippen molar-refractivity contribution >= 4 is 12.2 Å². The van der Waals surface area contributed by atoms with Crippen LogP contribution in [-0.4, -0.2) is 30.9 Å². The molecule has 1 unspecified atom stereocenters. The number of nitrogens with zero attached hydrogens (tertiary/aromatic N) is 6. The zero-order valence-electron chi connectivity index (χ0n) is 13.2. The van der Waals surface area contributed by atoms with Crippen molar-refractivity contribution in [2.45, 2.75) is 44.6 Å². The summed E-state index contributed by atoms with van der Waals surface area (Å²) in [5.74, 6) is -0.523. The van der Waals surface area contributed by atoms with Crippen LogP contribution in [0.3, 0.4) is 0 Å². The molecule has 9 heteroatoms. The highest BCUT2D eigenvalue weighted by Gasteiger charge is 2.47. The maximum absolute atomic E-state index is 11.3. The molecule has 0 spiro atoms. The van der Waals surface area contributed by atoms with Crippen molar-refractivity contribution in [1.29, 1.82) is 5.41 Å². The SMILES string of the molecule is C/C(=C/CCC(CN=[N+]=[N-])CC1(OC(=O)C=N)CC1)CN=[N+]=[N-]. The second kappa shape index (κ2) is 9.50. The molecular formula is C14H21N7O2. The zero-order valence-corrected chi connectivity index (χ0v) is 13.2. The number of carbonyl (C=O) groups is 1. The third-order valence-electron chi connectivity index (χ3n) is 3.76. The molecule has 0 bridgehead atoms. The number of rotatable bonds is 11. The van der Waals surface area contributed by atoms with Crippen LogP contribution in [0.1, 0.15) is 39.0 Å². The van der Waals surface area contributed by atoms with Crippen LogP contribution in [0.5, 0.6) is 0 Å². The van der Waals surface area contributed by atoms with Crippen LogP contribution in [0.25, 0.3) is 20.9 Å². The van der Waals surface area contributed by atoms with E-state index in [2.05, 4.69) is 20.1 Å². The van der Waals surface area contributed by atoms with Gasteiger partial charge in [0.15, 0.2) is 0 Å². The predicted molar refractivity (Wildman–Crippen MR) is 86.0 cm³/mol. The first kappa shape index (κ1) is 18.5. The van der Waals surface area contributed by atoms with E-state index in [1.807, 2.05) is 13.0 Å². The minimum absolute atomic E-state index is 0.107. The number of esters is 1. The van der Waals surface area contributed by atoms with Gasteiger partial charge in [-0.1, -0.05) is 21.9 Å². The van der Waals surface area contributed by atoms with Gasteiger partial charge in [-0.3, -0.25) is 0 Å². The largest absolute Gasteiger partial charge is 0.455 e. The third-order valence-corrected chi connectivity index (χ3v) is 3.76. The molecule has 1 fully saturated rings. The molecule has 0 aromatic carbocycles. The molecular weight excluding hydrogens is 298 g/mol. The van der Waals surface area contributed by atoms with Crippen LogP contribution in [0.15, 0.2) is 21.9 Å². The Labute approximate surface area is 134 Å². The molecule has 23 heavy (non-hydrogen) atoms. The topological polar surface area (TPSA) is 148 Å². The summed E-state index contributed by atoms with van der Waals surface area (Å²) in [5, 5.41) is 14.1. The first-order valence-electron chi connectivity index (χ1n) is 7.46. The summed E-state index contributed by atoms with van der Waals surface area (Å²) in [6.45, 7) is 2.59. The average Bonchev–Trinajstić information content (AvgIpc) is 3.29. The highest BCUT2D eigenvalue weighted by Crippen LogP contribution is 2.45. The molecule has 0 aromatic heterocycles. The molecule has 0 heterocycles. The minimum Gasteiger partial charge on any atom is -0.455 e. The van der Waals surface area contributed by atoms with Crippen molar-refractivity contribution in [3.05, 3.63) is 32.5 Å². The Morgan fingerprint density at radius 2 is 2.09 bits per heavy atom. The first-order chi connectivity index (χ1) is 11.0. The smallest absolute Gasteiger partial charge is 0.349 e. The summed E-state index contributed by atoms with van der Waals surface area (Å²) in [4.78, 5) is 16.8. The van der Waals surface area contributed by atoms with Gasteiger partial charge >= 0.3 is 5.97 Å². The number of allylic oxidation sites excluding steroid dienone is 1. The Morgan fingerprint density at radius 3 is 2.65 bits per heavy atom. The van der Waals surface area contributed by atoms with Crippen molar-refractivity contribution in [2.75, 3.05) is 13.1 Å². The molecule has 0 aliphatic heterocycles. The van der Waals surface area contributed by atoms with Gasteiger partial charge in [0.05, 0.1) is 0 Å². The van der Waals surface area contributed by atoms with Crippen LogP contribution < -0.4 is 0 Å². The molecule has 0 aromatic rings. The molecule has 1 rings (SSSR count). The Hall–Kier alpha value is -2.50. The summed E-state index contributed by atoms with van der Waals surface area (Å²) < 4.78 is 5.30. The van der Waals surface area contributed by atoms with Crippen molar-refractivity contribution < 1.29 is 9.53 Å². The number of carbonyl (C=O) groups excluding carboxylic acids is 1. The van der Waals surface area contributed by atoms with Gasteiger partial charge < -0.3 is 10.1 Å². The molecule has 1 saturated carbocycles. The standard InChI is InChI=1S/C14H21N7O2/c1-11(9-18-20-16)3-2-4-12(10-19-21-17)7-14(5-6-14)23-13(22)8-15/h3,8,12,15H,2,4-7,9-10H2,1H3/b11-3-,15-8?. The highest BCUT2D eigenvalue weighted by atomic mass is 16.6. The molecule has 0 radical (unpaired) electrons. The number of nitrogens with one attached hydrogen (secondary N) is 1. The Balaban J connectivity index is 2.55. The average molecular weight is 319 g/mol. The van der Waals surface area contributed by atoms with Gasteiger partial charge in [-0.15, -0.1) is 0 Å². The van der Waals surface area contributed by atoms with Crippen molar-refractivity contribution in [3.8, 4) is 0 Å². The van der Waals surface area contributed by atoms with E-state index in [0.717, 1.165) is 31.3 Å². The number of hydrogen-bond donors (Lipinski definition) is 1. The fraction of sp³-hybridized carbons (Fsp3) is 0.714. The van der Waals surface area contributed by atoms with Gasteiger partial charge in [0.2, 0.25) is 0 Å². The molecule has 1 N–H and O–H groups in total. The van der Waals surface area contributed by atoms with E-state index in [0.29, 0.717) is 25.7 Å². The Morgan fingerprint density at radius 1 is 1.39 bits per heavy atom. The number of ether oxygens (including phenoxy) is 1. The molecule has 0 amide bonds. The molecule has 9 nitrogen and oxygen atoms in total. The minimum atomic E-state index is -0.630. The van der Waals surface area contributed by atoms with E-state index in [1.54, 1.807) is 0 Å². The van der Waals surface area contributed by atoms with Gasteiger partial charge in [0.25, 0.3) is 0 Å². The molecule has 0 saturated heterocycles. The van der Waals surface area contributed by atoms with E-state index in [1.165, 1.54) is 0 Å². The fourth-order valence-corrected chi connectivity index (χ4v) is 2.44. The first-order valence-corrected chi connectivity index (χ1v) is 7.46. The molecule has 124 valence electrons. The van der Waals surface area contributed by atoms with E-state index in [-0.39, 0.29) is 5.92 Å². The fourth-order valence-electron chi connectivity index (χ4n) is 2.44. The van der Waals surface area contributed by atoms with Gasteiger partial charge in [-0.2, -0.15) is 0 Å². The van der Waals surface area contributed by atoms with E-state index < -0.39 is 11.6 Å². The van der Waals surface area contributed by atoms with Gasteiger partial charge in [0, 0.05) is 22.9 Å². The molecule has 1 atom stereocenters. The summed E-state index contributed by atoms with van der Waals surface area (Å²) in [6, 6.07) is 0. The van der Waals surface area contributed by atoms with Gasteiger partial charge in [-0.25, -0.2) is 4.79 Å². The second-order valence-corrected chi connectivity index (χ2v) is 5.75. The number of hydrogen-bond acceptors (Lipinski definition) is 5. The van der Waals surface area contributed by atoms with Crippen molar-refractivity contribution in [3.63, 3.8) is 0 Å². The van der Waals surface area contributed by atoms with E-state index in [9.17, 15) is 4.79 Å². The monoisotopic (exact) mass is 319 g/mol. The van der Waals surface area contributed by atoms with Crippen molar-refractivity contribution in [2.24, 2.45) is 16.1 Å². The van der Waals surface area contributed by atoms with Crippen LogP contribution in [0.2, 0.25) is 0 Å². The van der Waals surface area contributed by atoms with Crippen LogP contribution in [0.4, 0.5) is 0 Å². The Bertz CT molecular complexity index is 555. The van der Waals surface area contributed by atoms with Crippen LogP contribution in [-0.2, 0) is 9.53 Å². The molecule has 1 aliphatic rings. The lowest BCUT2D eigenvalue weighted by molar-refractivity contribution is -0.143. The lowest BCUT2D eigenvalue weighted by Gasteiger charge is -2.21. The maximum atomic E-state index is 11.3. The lowest BCUT2D eigenvalue weighted by Crippen LogP contribution is -2.24. The third kappa shape index (κ3) is 7.35.